The van der Waals surface area contributed by atoms with Crippen molar-refractivity contribution in [2.75, 3.05) is 13.1 Å². The van der Waals surface area contributed by atoms with Gasteiger partial charge in [-0.25, -0.2) is 9.78 Å². The van der Waals surface area contributed by atoms with E-state index < -0.39 is 11.7 Å². The number of rotatable bonds is 3. The molecule has 5 nitrogen and oxygen atoms in total. The molecule has 1 aliphatic heterocycles. The highest BCUT2D eigenvalue weighted by atomic mass is 19.4. The third kappa shape index (κ3) is 3.33. The number of nitrogens with zero attached hydrogens (tertiary/aromatic N) is 3. The topological polar surface area (TPSA) is 51.9 Å². The van der Waals surface area contributed by atoms with Crippen LogP contribution >= 0.6 is 0 Å². The van der Waals surface area contributed by atoms with Crippen LogP contribution in [-0.2, 0) is 6.18 Å². The van der Waals surface area contributed by atoms with E-state index >= 15 is 0 Å². The van der Waals surface area contributed by atoms with Crippen LogP contribution in [0.5, 0.6) is 0 Å². The van der Waals surface area contributed by atoms with Crippen LogP contribution in [0, 0.1) is 0 Å². The Morgan fingerprint density at radius 2 is 1.77 bits per heavy atom. The van der Waals surface area contributed by atoms with Gasteiger partial charge in [0.15, 0.2) is 5.65 Å². The molecule has 1 atom stereocenters. The summed E-state index contributed by atoms with van der Waals surface area (Å²) in [5.74, 6) is 0. The molecule has 5 rings (SSSR count). The molecule has 8 heteroatoms. The molecule has 1 fully saturated rings. The van der Waals surface area contributed by atoms with Crippen molar-refractivity contribution in [3.8, 4) is 16.8 Å². The van der Waals surface area contributed by atoms with E-state index in [2.05, 4.69) is 10.3 Å². The summed E-state index contributed by atoms with van der Waals surface area (Å²) >= 11 is 0. The van der Waals surface area contributed by atoms with Crippen LogP contribution in [0.2, 0.25) is 0 Å². The Morgan fingerprint density at radius 1 is 1.00 bits per heavy atom. The second-order valence-electron chi connectivity index (χ2n) is 7.57. The molecular weight excluding hydrogens is 405 g/mol. The minimum Gasteiger partial charge on any atom is -0.315 e. The molecule has 4 aromatic rings. The molecule has 158 valence electrons. The van der Waals surface area contributed by atoms with Gasteiger partial charge in [0.2, 0.25) is 0 Å². The van der Waals surface area contributed by atoms with E-state index in [4.69, 9.17) is 0 Å². The Kier molecular flexibility index (Phi) is 4.66. The van der Waals surface area contributed by atoms with E-state index in [9.17, 15) is 18.0 Å². The molecule has 0 spiro atoms. The molecule has 1 saturated heterocycles. The zero-order valence-electron chi connectivity index (χ0n) is 16.4. The summed E-state index contributed by atoms with van der Waals surface area (Å²) in [6.45, 7) is 1.53. The molecule has 0 amide bonds. The summed E-state index contributed by atoms with van der Waals surface area (Å²) in [6, 6.07) is 15.7. The highest BCUT2D eigenvalue weighted by molar-refractivity contribution is 5.75. The van der Waals surface area contributed by atoms with Gasteiger partial charge in [-0.1, -0.05) is 30.3 Å². The lowest BCUT2D eigenvalue weighted by atomic mass is 9.99. The maximum atomic E-state index is 13.4. The Bertz CT molecular complexity index is 1300. The number of imidazole rings is 1. The summed E-state index contributed by atoms with van der Waals surface area (Å²) in [5.41, 5.74) is 1.51. The van der Waals surface area contributed by atoms with E-state index in [1.54, 1.807) is 51.7 Å². The van der Waals surface area contributed by atoms with Gasteiger partial charge in [-0.15, -0.1) is 0 Å². The fourth-order valence-corrected chi connectivity index (χ4v) is 4.26. The van der Waals surface area contributed by atoms with Crippen molar-refractivity contribution in [3.05, 3.63) is 82.9 Å². The number of nitrogens with one attached hydrogen (secondary N) is 1. The lowest BCUT2D eigenvalue weighted by molar-refractivity contribution is -0.137. The van der Waals surface area contributed by atoms with Gasteiger partial charge in [0.05, 0.1) is 22.8 Å². The Balaban J connectivity index is 1.62. The molecule has 0 bridgehead atoms. The van der Waals surface area contributed by atoms with Gasteiger partial charge >= 0.3 is 11.9 Å². The summed E-state index contributed by atoms with van der Waals surface area (Å²) in [5, 5.41) is 3.27. The van der Waals surface area contributed by atoms with Crippen LogP contribution in [0.3, 0.4) is 0 Å². The van der Waals surface area contributed by atoms with Crippen molar-refractivity contribution in [2.24, 2.45) is 0 Å². The van der Waals surface area contributed by atoms with E-state index in [0.717, 1.165) is 19.0 Å². The number of benzene rings is 2. The fraction of sp³-hybridized carbons (Fsp3) is 0.217. The minimum absolute atomic E-state index is 0.0177. The number of aromatic nitrogens is 3. The smallest absolute Gasteiger partial charge is 0.315 e. The standard InChI is InChI=1S/C23H19F3N4O/c24-23(25,26)19-5-2-1-4-18(19)15-7-9-16(10-8-15)29-20-6-3-12-28-21(20)30(22(29)31)17-11-13-27-14-17/h1-10,12,17,27H,11,13-14H2. The SMILES string of the molecule is O=c1n(-c2ccc(-c3ccccc3C(F)(F)F)cc2)c2cccnc2n1C1CCNC1. The average molecular weight is 424 g/mol. The van der Waals surface area contributed by atoms with E-state index in [0.29, 0.717) is 29.0 Å². The van der Waals surface area contributed by atoms with Crippen LogP contribution < -0.4 is 11.0 Å². The first-order chi connectivity index (χ1) is 14.9. The average Bonchev–Trinajstić information content (AvgIpc) is 3.38. The largest absolute Gasteiger partial charge is 0.417 e. The van der Waals surface area contributed by atoms with E-state index in [1.165, 1.54) is 12.1 Å². The summed E-state index contributed by atoms with van der Waals surface area (Å²) < 4.78 is 43.5. The van der Waals surface area contributed by atoms with Gasteiger partial charge in [-0.3, -0.25) is 9.13 Å². The van der Waals surface area contributed by atoms with E-state index in [1.807, 2.05) is 6.07 Å². The fourth-order valence-electron chi connectivity index (χ4n) is 4.26. The van der Waals surface area contributed by atoms with Crippen molar-refractivity contribution in [2.45, 2.75) is 18.6 Å². The predicted octanol–water partition coefficient (Wildman–Crippen LogP) is 4.41. The normalized spacial score (nSPS) is 16.8. The van der Waals surface area contributed by atoms with Gasteiger partial charge in [0, 0.05) is 12.7 Å². The Labute approximate surface area is 175 Å². The van der Waals surface area contributed by atoms with Gasteiger partial charge in [-0.2, -0.15) is 13.2 Å². The van der Waals surface area contributed by atoms with Crippen LogP contribution in [0.15, 0.2) is 71.7 Å². The highest BCUT2D eigenvalue weighted by Gasteiger charge is 2.33. The number of fused-ring (bicyclic) bond motifs is 1. The van der Waals surface area contributed by atoms with Crippen LogP contribution in [0.4, 0.5) is 13.2 Å². The van der Waals surface area contributed by atoms with Crippen molar-refractivity contribution < 1.29 is 13.2 Å². The zero-order chi connectivity index (χ0) is 21.6. The molecule has 2 aromatic carbocycles. The van der Waals surface area contributed by atoms with Gasteiger partial charge in [0.1, 0.15) is 0 Å². The first-order valence-electron chi connectivity index (χ1n) is 10.0. The van der Waals surface area contributed by atoms with Crippen LogP contribution in [0.25, 0.3) is 28.0 Å². The molecule has 1 N–H and O–H groups in total. The molecule has 0 saturated carbocycles. The van der Waals surface area contributed by atoms with Crippen LogP contribution in [0.1, 0.15) is 18.0 Å². The second kappa shape index (κ2) is 7.39. The molecular formula is C23H19F3N4O. The van der Waals surface area contributed by atoms with Crippen molar-refractivity contribution >= 4 is 11.2 Å². The Morgan fingerprint density at radius 3 is 2.48 bits per heavy atom. The van der Waals surface area contributed by atoms with Crippen LogP contribution in [-0.4, -0.2) is 27.2 Å². The van der Waals surface area contributed by atoms with Crippen molar-refractivity contribution in [3.63, 3.8) is 0 Å². The number of halogens is 3. The minimum atomic E-state index is -4.44. The second-order valence-corrected chi connectivity index (χ2v) is 7.57. The number of pyridine rings is 1. The van der Waals surface area contributed by atoms with Gasteiger partial charge < -0.3 is 5.32 Å². The Hall–Kier alpha value is -3.39. The summed E-state index contributed by atoms with van der Waals surface area (Å²) in [4.78, 5) is 17.8. The quantitative estimate of drug-likeness (QED) is 0.530. The van der Waals surface area contributed by atoms with Crippen molar-refractivity contribution in [1.29, 1.82) is 0 Å². The molecule has 31 heavy (non-hydrogen) atoms. The van der Waals surface area contributed by atoms with Gasteiger partial charge in [-0.05, 0) is 54.4 Å². The summed E-state index contributed by atoms with van der Waals surface area (Å²) in [6.07, 6.45) is -1.95. The predicted molar refractivity (Wildman–Crippen MR) is 112 cm³/mol. The zero-order valence-corrected chi connectivity index (χ0v) is 16.4. The van der Waals surface area contributed by atoms with E-state index in [-0.39, 0.29) is 17.3 Å². The third-order valence-corrected chi connectivity index (χ3v) is 5.70. The molecule has 1 unspecified atom stereocenters. The van der Waals surface area contributed by atoms with Gasteiger partial charge in [0.25, 0.3) is 0 Å². The number of alkyl halides is 3. The molecule has 2 aromatic heterocycles. The lowest BCUT2D eigenvalue weighted by Crippen LogP contribution is -2.28. The monoisotopic (exact) mass is 424 g/mol. The molecule has 1 aliphatic rings. The number of hydrogen-bond acceptors (Lipinski definition) is 3. The van der Waals surface area contributed by atoms with Crippen molar-refractivity contribution in [1.82, 2.24) is 19.4 Å². The maximum Gasteiger partial charge on any atom is 0.417 e. The summed E-state index contributed by atoms with van der Waals surface area (Å²) in [7, 11) is 0. The molecule has 0 radical (unpaired) electrons. The first kappa shape index (κ1) is 19.6. The third-order valence-electron chi connectivity index (χ3n) is 5.70. The lowest BCUT2D eigenvalue weighted by Gasteiger charge is -2.13. The number of hydrogen-bond donors (Lipinski definition) is 1. The molecule has 3 heterocycles. The first-order valence-corrected chi connectivity index (χ1v) is 10.0. The molecule has 0 aliphatic carbocycles. The highest BCUT2D eigenvalue weighted by Crippen LogP contribution is 2.37. The maximum absolute atomic E-state index is 13.4.